The predicted octanol–water partition coefficient (Wildman–Crippen LogP) is 4.85. The number of aliphatic hydroxyl groups excluding tert-OH is 1. The molecule has 0 spiro atoms. The van der Waals surface area contributed by atoms with Crippen molar-refractivity contribution in [2.24, 2.45) is 17.8 Å². The average Bonchev–Trinajstić information content (AvgIpc) is 2.94. The highest BCUT2D eigenvalue weighted by Gasteiger charge is 2.40. The number of hydrogen-bond acceptors (Lipinski definition) is 1. The van der Waals surface area contributed by atoms with Crippen molar-refractivity contribution in [3.05, 3.63) is 33.8 Å². The summed E-state index contributed by atoms with van der Waals surface area (Å²) in [6, 6.07) is 5.32. The van der Waals surface area contributed by atoms with E-state index in [9.17, 15) is 5.11 Å². The lowest BCUT2D eigenvalue weighted by atomic mass is 9.83. The van der Waals surface area contributed by atoms with Crippen LogP contribution in [0, 0.1) is 17.8 Å². The molecule has 2 saturated carbocycles. The first-order valence-electron chi connectivity index (χ1n) is 6.76. The monoisotopic (exact) mass is 284 g/mol. The highest BCUT2D eigenvalue weighted by Crippen LogP contribution is 2.51. The van der Waals surface area contributed by atoms with Gasteiger partial charge in [-0.25, -0.2) is 0 Å². The summed E-state index contributed by atoms with van der Waals surface area (Å²) in [7, 11) is 0. The van der Waals surface area contributed by atoms with Crippen LogP contribution in [0.1, 0.15) is 43.8 Å². The van der Waals surface area contributed by atoms with E-state index in [1.54, 1.807) is 18.2 Å². The molecular formula is C15H18Cl2O. The SMILES string of the molecule is OC(CC1CC2CCC1C2)c1cc(Cl)ccc1Cl. The zero-order chi connectivity index (χ0) is 12.7. The van der Waals surface area contributed by atoms with Crippen LogP contribution in [0.15, 0.2) is 18.2 Å². The van der Waals surface area contributed by atoms with Gasteiger partial charge in [0.25, 0.3) is 0 Å². The quantitative estimate of drug-likeness (QED) is 0.841. The summed E-state index contributed by atoms with van der Waals surface area (Å²) in [5.74, 6) is 2.43. The van der Waals surface area contributed by atoms with Gasteiger partial charge in [0, 0.05) is 15.6 Å². The zero-order valence-electron chi connectivity index (χ0n) is 10.3. The number of halogens is 2. The summed E-state index contributed by atoms with van der Waals surface area (Å²) >= 11 is 12.1. The number of hydrogen-bond donors (Lipinski definition) is 1. The molecule has 0 aliphatic heterocycles. The van der Waals surface area contributed by atoms with Crippen molar-refractivity contribution in [2.75, 3.05) is 0 Å². The third-order valence-corrected chi connectivity index (χ3v) is 5.31. The Kier molecular flexibility index (Phi) is 3.57. The molecule has 4 unspecified atom stereocenters. The summed E-state index contributed by atoms with van der Waals surface area (Å²) in [6.07, 6.45) is 5.78. The van der Waals surface area contributed by atoms with Gasteiger partial charge in [-0.3, -0.25) is 0 Å². The summed E-state index contributed by atoms with van der Waals surface area (Å²) in [5, 5.41) is 11.6. The van der Waals surface area contributed by atoms with Gasteiger partial charge in [0.15, 0.2) is 0 Å². The molecule has 3 rings (SSSR count). The van der Waals surface area contributed by atoms with E-state index in [1.807, 2.05) is 0 Å². The first-order valence-corrected chi connectivity index (χ1v) is 7.52. The molecule has 0 heterocycles. The molecule has 1 aromatic rings. The fraction of sp³-hybridized carbons (Fsp3) is 0.600. The molecule has 3 heteroatoms. The van der Waals surface area contributed by atoms with Crippen LogP contribution in [0.25, 0.3) is 0 Å². The number of fused-ring (bicyclic) bond motifs is 2. The minimum Gasteiger partial charge on any atom is -0.388 e. The van der Waals surface area contributed by atoms with Crippen molar-refractivity contribution in [3.63, 3.8) is 0 Å². The van der Waals surface area contributed by atoms with Crippen LogP contribution in [-0.4, -0.2) is 5.11 Å². The van der Waals surface area contributed by atoms with E-state index >= 15 is 0 Å². The van der Waals surface area contributed by atoms with Crippen LogP contribution in [-0.2, 0) is 0 Å². The second-order valence-corrected chi connectivity index (χ2v) is 6.70. The molecule has 18 heavy (non-hydrogen) atoms. The molecular weight excluding hydrogens is 267 g/mol. The molecule has 0 saturated heterocycles. The van der Waals surface area contributed by atoms with Gasteiger partial charge in [-0.2, -0.15) is 0 Å². The molecule has 0 radical (unpaired) electrons. The highest BCUT2D eigenvalue weighted by atomic mass is 35.5. The van der Waals surface area contributed by atoms with Gasteiger partial charge in [-0.05, 0) is 61.6 Å². The Morgan fingerprint density at radius 1 is 1.22 bits per heavy atom. The third-order valence-electron chi connectivity index (χ3n) is 4.73. The van der Waals surface area contributed by atoms with Gasteiger partial charge in [-0.1, -0.05) is 29.6 Å². The van der Waals surface area contributed by atoms with E-state index in [0.717, 1.165) is 23.8 Å². The Morgan fingerprint density at radius 2 is 2.06 bits per heavy atom. The van der Waals surface area contributed by atoms with Gasteiger partial charge in [0.2, 0.25) is 0 Å². The van der Waals surface area contributed by atoms with E-state index in [0.29, 0.717) is 16.0 Å². The van der Waals surface area contributed by atoms with Crippen molar-refractivity contribution < 1.29 is 5.11 Å². The van der Waals surface area contributed by atoms with Crippen molar-refractivity contribution in [2.45, 2.75) is 38.2 Å². The molecule has 0 aromatic heterocycles. The minimum atomic E-state index is -0.472. The fourth-order valence-electron chi connectivity index (χ4n) is 3.85. The predicted molar refractivity (Wildman–Crippen MR) is 75.0 cm³/mol. The molecule has 2 aliphatic carbocycles. The average molecular weight is 285 g/mol. The highest BCUT2D eigenvalue weighted by molar-refractivity contribution is 6.33. The van der Waals surface area contributed by atoms with Gasteiger partial charge in [-0.15, -0.1) is 0 Å². The second-order valence-electron chi connectivity index (χ2n) is 5.85. The zero-order valence-corrected chi connectivity index (χ0v) is 11.8. The standard InChI is InChI=1S/C15H18Cl2O/c16-12-3-4-14(17)13(8-12)15(18)7-11-6-9-1-2-10(11)5-9/h3-4,8-11,15,18H,1-2,5-7H2. The first-order chi connectivity index (χ1) is 8.63. The van der Waals surface area contributed by atoms with Gasteiger partial charge >= 0.3 is 0 Å². The number of benzene rings is 1. The fourth-order valence-corrected chi connectivity index (χ4v) is 4.27. The maximum atomic E-state index is 10.4. The Morgan fingerprint density at radius 3 is 2.72 bits per heavy atom. The molecule has 0 amide bonds. The lowest BCUT2D eigenvalue weighted by molar-refractivity contribution is 0.125. The lowest BCUT2D eigenvalue weighted by Gasteiger charge is -2.24. The summed E-state index contributed by atoms with van der Waals surface area (Å²) in [5.41, 5.74) is 0.784. The van der Waals surface area contributed by atoms with Crippen LogP contribution in [0.4, 0.5) is 0 Å². The van der Waals surface area contributed by atoms with Crippen molar-refractivity contribution >= 4 is 23.2 Å². The summed E-state index contributed by atoms with van der Waals surface area (Å²) in [6.45, 7) is 0. The molecule has 2 fully saturated rings. The molecule has 1 aromatic carbocycles. The lowest BCUT2D eigenvalue weighted by Crippen LogP contribution is -2.14. The van der Waals surface area contributed by atoms with Crippen LogP contribution >= 0.6 is 23.2 Å². The van der Waals surface area contributed by atoms with Crippen molar-refractivity contribution in [1.82, 2.24) is 0 Å². The normalized spacial score (nSPS) is 31.8. The van der Waals surface area contributed by atoms with Gasteiger partial charge in [0.05, 0.1) is 6.10 Å². The van der Waals surface area contributed by atoms with Crippen LogP contribution in [0.5, 0.6) is 0 Å². The van der Waals surface area contributed by atoms with Crippen molar-refractivity contribution in [1.29, 1.82) is 0 Å². The largest absolute Gasteiger partial charge is 0.388 e. The number of aliphatic hydroxyl groups is 1. The Labute approximate surface area is 118 Å². The minimum absolute atomic E-state index is 0.472. The number of rotatable bonds is 3. The van der Waals surface area contributed by atoms with Crippen LogP contribution in [0.2, 0.25) is 10.0 Å². The topological polar surface area (TPSA) is 20.2 Å². The molecule has 2 aliphatic rings. The first kappa shape index (κ1) is 12.8. The third kappa shape index (κ3) is 2.41. The van der Waals surface area contributed by atoms with E-state index in [-0.39, 0.29) is 0 Å². The molecule has 2 bridgehead atoms. The van der Waals surface area contributed by atoms with E-state index in [2.05, 4.69) is 0 Å². The molecule has 1 N–H and O–H groups in total. The van der Waals surface area contributed by atoms with Crippen LogP contribution in [0.3, 0.4) is 0 Å². The van der Waals surface area contributed by atoms with Gasteiger partial charge in [0.1, 0.15) is 0 Å². The molecule has 1 nitrogen and oxygen atoms in total. The van der Waals surface area contributed by atoms with Gasteiger partial charge < -0.3 is 5.11 Å². The maximum absolute atomic E-state index is 10.4. The van der Waals surface area contributed by atoms with Crippen molar-refractivity contribution in [3.8, 4) is 0 Å². The second kappa shape index (κ2) is 5.03. The van der Waals surface area contributed by atoms with E-state index < -0.39 is 6.10 Å². The summed E-state index contributed by atoms with van der Waals surface area (Å²) in [4.78, 5) is 0. The van der Waals surface area contributed by atoms with Crippen LogP contribution < -0.4 is 0 Å². The summed E-state index contributed by atoms with van der Waals surface area (Å²) < 4.78 is 0. The Hall–Kier alpha value is -0.240. The molecule has 98 valence electrons. The molecule has 4 atom stereocenters. The van der Waals surface area contributed by atoms with E-state index in [1.165, 1.54) is 25.7 Å². The Bertz CT molecular complexity index is 446. The smallest absolute Gasteiger partial charge is 0.0807 e. The Balaban J connectivity index is 1.71. The van der Waals surface area contributed by atoms with E-state index in [4.69, 9.17) is 23.2 Å². The maximum Gasteiger partial charge on any atom is 0.0807 e.